The molecule has 1 amide bonds. The van der Waals surface area contributed by atoms with Crippen LogP contribution >= 0.6 is 0 Å². The number of anilines is 1. The number of carbonyl (C=O) groups excluding carboxylic acids is 1. The van der Waals surface area contributed by atoms with Crippen molar-refractivity contribution in [2.45, 2.75) is 13.1 Å². The molecule has 0 atom stereocenters. The third kappa shape index (κ3) is 3.41. The van der Waals surface area contributed by atoms with Crippen LogP contribution in [-0.4, -0.2) is 5.91 Å². The van der Waals surface area contributed by atoms with Crippen LogP contribution in [0.25, 0.3) is 0 Å². The molecular formula is C15H10F5NO. The average Bonchev–Trinajstić information content (AvgIpc) is 2.42. The Labute approximate surface area is 122 Å². The van der Waals surface area contributed by atoms with E-state index in [-0.39, 0.29) is 11.3 Å². The van der Waals surface area contributed by atoms with Gasteiger partial charge in [0.1, 0.15) is 11.6 Å². The van der Waals surface area contributed by atoms with E-state index in [1.54, 1.807) is 0 Å². The summed E-state index contributed by atoms with van der Waals surface area (Å²) >= 11 is 0. The molecular weight excluding hydrogens is 305 g/mol. The van der Waals surface area contributed by atoms with Crippen molar-refractivity contribution in [3.05, 3.63) is 64.7 Å². The maximum Gasteiger partial charge on any atom is 0.419 e. The van der Waals surface area contributed by atoms with Crippen LogP contribution in [0.15, 0.2) is 36.4 Å². The maximum absolute atomic E-state index is 13.4. The number of carbonyl (C=O) groups is 1. The van der Waals surface area contributed by atoms with Gasteiger partial charge in [0.2, 0.25) is 0 Å². The molecule has 2 rings (SSSR count). The van der Waals surface area contributed by atoms with Crippen molar-refractivity contribution in [3.8, 4) is 0 Å². The zero-order valence-electron chi connectivity index (χ0n) is 11.3. The molecule has 0 aliphatic heterocycles. The van der Waals surface area contributed by atoms with Gasteiger partial charge in [-0.05, 0) is 42.8 Å². The third-order valence-electron chi connectivity index (χ3n) is 2.96. The van der Waals surface area contributed by atoms with Gasteiger partial charge in [0, 0.05) is 11.3 Å². The number of alkyl halides is 3. The molecule has 2 aromatic carbocycles. The molecule has 116 valence electrons. The molecule has 0 fully saturated rings. The van der Waals surface area contributed by atoms with E-state index < -0.39 is 29.3 Å². The SMILES string of the molecule is Cc1ccc(NC(=O)c2ccc(F)c(C(F)(F)F)c2)cc1F. The largest absolute Gasteiger partial charge is 0.419 e. The van der Waals surface area contributed by atoms with E-state index in [0.29, 0.717) is 17.7 Å². The first-order valence-corrected chi connectivity index (χ1v) is 6.13. The number of hydrogen-bond donors (Lipinski definition) is 1. The second-order valence-electron chi connectivity index (χ2n) is 4.61. The highest BCUT2D eigenvalue weighted by molar-refractivity contribution is 6.04. The van der Waals surface area contributed by atoms with Crippen LogP contribution < -0.4 is 5.32 Å². The zero-order chi connectivity index (χ0) is 16.5. The number of amides is 1. The molecule has 0 spiro atoms. The normalized spacial score (nSPS) is 11.4. The van der Waals surface area contributed by atoms with E-state index in [9.17, 15) is 26.7 Å². The number of nitrogens with one attached hydrogen (secondary N) is 1. The first-order valence-electron chi connectivity index (χ1n) is 6.13. The van der Waals surface area contributed by atoms with E-state index in [2.05, 4.69) is 5.32 Å². The topological polar surface area (TPSA) is 29.1 Å². The van der Waals surface area contributed by atoms with E-state index in [0.717, 1.165) is 12.1 Å². The Hall–Kier alpha value is -2.44. The predicted molar refractivity (Wildman–Crippen MR) is 70.5 cm³/mol. The van der Waals surface area contributed by atoms with Gasteiger partial charge in [-0.3, -0.25) is 4.79 Å². The van der Waals surface area contributed by atoms with Crippen LogP contribution in [0.2, 0.25) is 0 Å². The standard InChI is InChI=1S/C15H10F5NO/c1-8-2-4-10(7-13(8)17)21-14(22)9-3-5-12(16)11(6-9)15(18,19)20/h2-7H,1H3,(H,21,22). The molecule has 1 N–H and O–H groups in total. The highest BCUT2D eigenvalue weighted by Crippen LogP contribution is 2.32. The van der Waals surface area contributed by atoms with Crippen LogP contribution in [0.5, 0.6) is 0 Å². The summed E-state index contributed by atoms with van der Waals surface area (Å²) in [6.07, 6.45) is -4.91. The third-order valence-corrected chi connectivity index (χ3v) is 2.96. The van der Waals surface area contributed by atoms with Crippen LogP contribution in [0.1, 0.15) is 21.5 Å². The molecule has 0 aliphatic carbocycles. The quantitative estimate of drug-likeness (QED) is 0.810. The predicted octanol–water partition coefficient (Wildman–Crippen LogP) is 4.54. The fourth-order valence-electron chi connectivity index (χ4n) is 1.76. The summed E-state index contributed by atoms with van der Waals surface area (Å²) in [6, 6.07) is 5.76. The summed E-state index contributed by atoms with van der Waals surface area (Å²) in [5, 5.41) is 2.26. The van der Waals surface area contributed by atoms with Crippen molar-refractivity contribution in [3.63, 3.8) is 0 Å². The lowest BCUT2D eigenvalue weighted by molar-refractivity contribution is -0.140. The molecule has 2 nitrogen and oxygen atoms in total. The van der Waals surface area contributed by atoms with Gasteiger partial charge in [-0.15, -0.1) is 0 Å². The summed E-state index contributed by atoms with van der Waals surface area (Å²) in [6.45, 7) is 1.52. The Morgan fingerprint density at radius 2 is 1.68 bits per heavy atom. The van der Waals surface area contributed by atoms with Gasteiger partial charge in [-0.25, -0.2) is 8.78 Å². The molecule has 0 saturated carbocycles. The summed E-state index contributed by atoms with van der Waals surface area (Å²) in [4.78, 5) is 11.9. The minimum absolute atomic E-state index is 0.0889. The summed E-state index contributed by atoms with van der Waals surface area (Å²) in [5.74, 6) is -2.92. The molecule has 0 aromatic heterocycles. The molecule has 2 aromatic rings. The van der Waals surface area contributed by atoms with Crippen molar-refractivity contribution in [1.29, 1.82) is 0 Å². The first kappa shape index (κ1) is 15.9. The fourth-order valence-corrected chi connectivity index (χ4v) is 1.76. The lowest BCUT2D eigenvalue weighted by atomic mass is 10.1. The molecule has 0 unspecified atom stereocenters. The second kappa shape index (κ2) is 5.75. The smallest absolute Gasteiger partial charge is 0.322 e. The van der Waals surface area contributed by atoms with Crippen molar-refractivity contribution >= 4 is 11.6 Å². The number of halogens is 5. The molecule has 0 saturated heterocycles. The fraction of sp³-hybridized carbons (Fsp3) is 0.133. The summed E-state index contributed by atoms with van der Waals surface area (Å²) < 4.78 is 64.3. The molecule has 0 bridgehead atoms. The van der Waals surface area contributed by atoms with Gasteiger partial charge < -0.3 is 5.32 Å². The van der Waals surface area contributed by atoms with Gasteiger partial charge in [-0.2, -0.15) is 13.2 Å². The van der Waals surface area contributed by atoms with Gasteiger partial charge >= 0.3 is 6.18 Å². The van der Waals surface area contributed by atoms with Crippen molar-refractivity contribution in [2.75, 3.05) is 5.32 Å². The molecule has 0 aliphatic rings. The molecule has 0 radical (unpaired) electrons. The Balaban J connectivity index is 2.28. The van der Waals surface area contributed by atoms with Crippen LogP contribution in [0.3, 0.4) is 0 Å². The first-order chi connectivity index (χ1) is 10.2. The minimum atomic E-state index is -4.91. The lowest BCUT2D eigenvalue weighted by Gasteiger charge is -2.10. The highest BCUT2D eigenvalue weighted by Gasteiger charge is 2.34. The number of hydrogen-bond acceptors (Lipinski definition) is 1. The number of rotatable bonds is 2. The van der Waals surface area contributed by atoms with Gasteiger partial charge in [-0.1, -0.05) is 6.07 Å². The van der Waals surface area contributed by atoms with Crippen molar-refractivity contribution < 1.29 is 26.7 Å². The maximum atomic E-state index is 13.4. The average molecular weight is 315 g/mol. The van der Waals surface area contributed by atoms with E-state index in [1.165, 1.54) is 19.1 Å². The monoisotopic (exact) mass is 315 g/mol. The van der Waals surface area contributed by atoms with Gasteiger partial charge in [0.05, 0.1) is 5.56 Å². The molecule has 7 heteroatoms. The summed E-state index contributed by atoms with van der Waals surface area (Å²) in [7, 11) is 0. The Bertz CT molecular complexity index is 724. The van der Waals surface area contributed by atoms with Crippen LogP contribution in [0, 0.1) is 18.6 Å². The summed E-state index contributed by atoms with van der Waals surface area (Å²) in [5.41, 5.74) is -1.46. The number of benzene rings is 2. The Kier molecular flexibility index (Phi) is 4.16. The minimum Gasteiger partial charge on any atom is -0.322 e. The van der Waals surface area contributed by atoms with E-state index in [1.807, 2.05) is 0 Å². The van der Waals surface area contributed by atoms with Crippen molar-refractivity contribution in [2.24, 2.45) is 0 Å². The Morgan fingerprint density at radius 3 is 2.27 bits per heavy atom. The lowest BCUT2D eigenvalue weighted by Crippen LogP contribution is -2.15. The molecule has 0 heterocycles. The Morgan fingerprint density at radius 1 is 1.00 bits per heavy atom. The molecule has 22 heavy (non-hydrogen) atoms. The van der Waals surface area contributed by atoms with Gasteiger partial charge in [0.15, 0.2) is 0 Å². The van der Waals surface area contributed by atoms with Gasteiger partial charge in [0.25, 0.3) is 5.91 Å². The highest BCUT2D eigenvalue weighted by atomic mass is 19.4. The number of aryl methyl sites for hydroxylation is 1. The van der Waals surface area contributed by atoms with Crippen molar-refractivity contribution in [1.82, 2.24) is 0 Å². The second-order valence-corrected chi connectivity index (χ2v) is 4.61. The zero-order valence-corrected chi connectivity index (χ0v) is 11.3. The van der Waals surface area contributed by atoms with E-state index in [4.69, 9.17) is 0 Å². The van der Waals surface area contributed by atoms with Crippen LogP contribution in [-0.2, 0) is 6.18 Å². The van der Waals surface area contributed by atoms with E-state index >= 15 is 0 Å². The van der Waals surface area contributed by atoms with Crippen LogP contribution in [0.4, 0.5) is 27.6 Å².